The van der Waals surface area contributed by atoms with Gasteiger partial charge in [0.2, 0.25) is 5.91 Å². The first-order chi connectivity index (χ1) is 14.5. The lowest BCUT2D eigenvalue weighted by Gasteiger charge is -2.11. The maximum absolute atomic E-state index is 11.9. The van der Waals surface area contributed by atoms with E-state index in [1.165, 1.54) is 77.0 Å². The van der Waals surface area contributed by atoms with Crippen molar-refractivity contribution in [2.24, 2.45) is 0 Å². The molecule has 0 heterocycles. The monoisotopic (exact) mass is 445 g/mol. The van der Waals surface area contributed by atoms with Crippen LogP contribution in [0.2, 0.25) is 0 Å². The van der Waals surface area contributed by atoms with Crippen LogP contribution < -0.4 is 5.32 Å². The Morgan fingerprint density at radius 1 is 0.700 bits per heavy atom. The highest BCUT2D eigenvalue weighted by molar-refractivity contribution is 7.58. The third-order valence-electron chi connectivity index (χ3n) is 5.84. The van der Waals surface area contributed by atoms with Gasteiger partial charge in [0.25, 0.3) is 0 Å². The van der Waals surface area contributed by atoms with E-state index in [2.05, 4.69) is 12.2 Å². The molecule has 0 fully saturated rings. The van der Waals surface area contributed by atoms with Crippen LogP contribution in [0.1, 0.15) is 129 Å². The summed E-state index contributed by atoms with van der Waals surface area (Å²) in [5.41, 5.74) is 0. The number of hydrogen-bond donors (Lipinski definition) is 1. The van der Waals surface area contributed by atoms with Crippen LogP contribution in [0.3, 0.4) is 0 Å². The van der Waals surface area contributed by atoms with Gasteiger partial charge in [0.15, 0.2) is 7.37 Å². The van der Waals surface area contributed by atoms with Gasteiger partial charge in [-0.25, -0.2) is 0 Å². The molecule has 180 valence electrons. The lowest BCUT2D eigenvalue weighted by Crippen LogP contribution is -2.23. The summed E-state index contributed by atoms with van der Waals surface area (Å²) in [6.45, 7) is 7.25. The number of rotatable bonds is 23. The summed E-state index contributed by atoms with van der Waals surface area (Å²) in [4.78, 5) is 11.9. The third kappa shape index (κ3) is 22.3. The minimum Gasteiger partial charge on any atom is -0.356 e. The number of unbranched alkanes of at least 4 members (excludes halogenated alkanes) is 15. The number of carbonyl (C=O) groups excluding carboxylic acids is 1. The summed E-state index contributed by atoms with van der Waals surface area (Å²) < 4.78 is 17.2. The van der Waals surface area contributed by atoms with E-state index in [9.17, 15) is 9.36 Å². The van der Waals surface area contributed by atoms with Crippen LogP contribution in [0.25, 0.3) is 0 Å². The van der Waals surface area contributed by atoms with Gasteiger partial charge in [0.05, 0.1) is 6.61 Å². The molecule has 1 atom stereocenters. The van der Waals surface area contributed by atoms with Crippen LogP contribution in [0.15, 0.2) is 0 Å². The zero-order valence-corrected chi connectivity index (χ0v) is 21.4. The molecule has 1 N–H and O–H groups in total. The fourth-order valence-electron chi connectivity index (χ4n) is 3.55. The summed E-state index contributed by atoms with van der Waals surface area (Å²) >= 11 is 0. The smallest absolute Gasteiger partial charge is 0.219 e. The lowest BCUT2D eigenvalue weighted by atomic mass is 10.0. The predicted octanol–water partition coefficient (Wildman–Crippen LogP) is 8.09. The quantitative estimate of drug-likeness (QED) is 0.128. The third-order valence-corrected chi connectivity index (χ3v) is 7.72. The molecule has 1 unspecified atom stereocenters. The van der Waals surface area contributed by atoms with Crippen LogP contribution in [0.4, 0.5) is 0 Å². The molecule has 0 aliphatic carbocycles. The van der Waals surface area contributed by atoms with Crippen molar-refractivity contribution in [2.45, 2.75) is 129 Å². The van der Waals surface area contributed by atoms with E-state index in [1.54, 1.807) is 6.66 Å². The second-order valence-electron chi connectivity index (χ2n) is 8.92. The van der Waals surface area contributed by atoms with Crippen LogP contribution >= 0.6 is 7.37 Å². The van der Waals surface area contributed by atoms with Crippen molar-refractivity contribution in [1.82, 2.24) is 5.32 Å². The normalized spacial score (nSPS) is 13.3. The van der Waals surface area contributed by atoms with Gasteiger partial charge >= 0.3 is 0 Å². The molecule has 0 radical (unpaired) electrons. The zero-order chi connectivity index (χ0) is 22.3. The van der Waals surface area contributed by atoms with Gasteiger partial charge in [-0.1, -0.05) is 104 Å². The molecule has 0 spiro atoms. The Kier molecular flexibility index (Phi) is 21.6. The predicted molar refractivity (Wildman–Crippen MR) is 132 cm³/mol. The molecule has 0 aromatic heterocycles. The van der Waals surface area contributed by atoms with Crippen LogP contribution in [-0.4, -0.2) is 31.9 Å². The van der Waals surface area contributed by atoms with E-state index in [1.807, 2.05) is 6.92 Å². The molecule has 0 aromatic rings. The van der Waals surface area contributed by atoms with Crippen LogP contribution in [0, 0.1) is 0 Å². The molecule has 0 bridgehead atoms. The summed E-state index contributed by atoms with van der Waals surface area (Å²) in [5, 5.41) is 3.04. The van der Waals surface area contributed by atoms with Crippen molar-refractivity contribution in [2.75, 3.05) is 26.0 Å². The van der Waals surface area contributed by atoms with Crippen molar-refractivity contribution >= 4 is 13.3 Å². The molecule has 0 saturated heterocycles. The molecule has 1 amide bonds. The van der Waals surface area contributed by atoms with Crippen molar-refractivity contribution in [3.63, 3.8) is 0 Å². The molecule has 0 aliphatic rings. The second kappa shape index (κ2) is 21.9. The first kappa shape index (κ1) is 29.7. The second-order valence-corrected chi connectivity index (χ2v) is 11.8. The van der Waals surface area contributed by atoms with Gasteiger partial charge in [-0.3, -0.25) is 9.36 Å². The average Bonchev–Trinajstić information content (AvgIpc) is 2.73. The number of hydrogen-bond acceptors (Lipinski definition) is 3. The summed E-state index contributed by atoms with van der Waals surface area (Å²) in [5.74, 6) is 0.205. The fourth-order valence-corrected chi connectivity index (χ4v) is 4.25. The summed E-state index contributed by atoms with van der Waals surface area (Å²) in [6.07, 6.45) is 22.8. The number of nitrogens with one attached hydrogen (secondary N) is 1. The number of amides is 1. The van der Waals surface area contributed by atoms with Crippen molar-refractivity contribution in [3.05, 3.63) is 0 Å². The average molecular weight is 446 g/mol. The van der Waals surface area contributed by atoms with Crippen molar-refractivity contribution in [3.8, 4) is 0 Å². The molecule has 30 heavy (non-hydrogen) atoms. The van der Waals surface area contributed by atoms with Gasteiger partial charge < -0.3 is 9.84 Å². The largest absolute Gasteiger partial charge is 0.356 e. The Balaban J connectivity index is 3.23. The molecular weight excluding hydrogens is 393 g/mol. The van der Waals surface area contributed by atoms with Crippen LogP contribution in [-0.2, 0) is 13.9 Å². The molecule has 0 saturated carbocycles. The van der Waals surface area contributed by atoms with E-state index in [0.717, 1.165) is 38.6 Å². The van der Waals surface area contributed by atoms with Crippen LogP contribution in [0.5, 0.6) is 0 Å². The summed E-state index contributed by atoms with van der Waals surface area (Å²) in [6, 6.07) is 0. The first-order valence-corrected chi connectivity index (χ1v) is 15.2. The molecule has 4 nitrogen and oxygen atoms in total. The Labute approximate surface area is 188 Å². The van der Waals surface area contributed by atoms with E-state index in [-0.39, 0.29) is 5.91 Å². The number of carbonyl (C=O) groups is 1. The molecule has 0 rings (SSSR count). The Morgan fingerprint density at radius 3 is 1.70 bits per heavy atom. The standard InChI is InChI=1S/C25H52NO3P/c1-4-6-7-8-9-10-11-12-13-14-15-16-19-22-25(27)26-23-20-17-18-21-24-29-30(3,28)5-2/h4-24H2,1-3H3,(H,26,27). The van der Waals surface area contributed by atoms with Crippen molar-refractivity contribution in [1.29, 1.82) is 0 Å². The molecular formula is C25H52NO3P. The lowest BCUT2D eigenvalue weighted by molar-refractivity contribution is -0.121. The minimum atomic E-state index is -2.33. The van der Waals surface area contributed by atoms with E-state index in [4.69, 9.17) is 4.52 Å². The topological polar surface area (TPSA) is 55.4 Å². The SMILES string of the molecule is CCCCCCCCCCCCCCCC(=O)NCCCCCCOP(C)(=O)CC. The van der Waals surface area contributed by atoms with Crippen molar-refractivity contribution < 1.29 is 13.9 Å². The van der Waals surface area contributed by atoms with Gasteiger partial charge in [0.1, 0.15) is 0 Å². The highest BCUT2D eigenvalue weighted by Gasteiger charge is 2.11. The summed E-state index contributed by atoms with van der Waals surface area (Å²) in [7, 11) is -2.33. The zero-order valence-electron chi connectivity index (χ0n) is 20.5. The maximum atomic E-state index is 11.9. The molecule has 0 aliphatic heterocycles. The van der Waals surface area contributed by atoms with Gasteiger partial charge in [-0.2, -0.15) is 0 Å². The van der Waals surface area contributed by atoms with E-state index >= 15 is 0 Å². The van der Waals surface area contributed by atoms with E-state index in [0.29, 0.717) is 19.2 Å². The Bertz CT molecular complexity index is 429. The fraction of sp³-hybridized carbons (Fsp3) is 0.960. The van der Waals surface area contributed by atoms with Gasteiger partial charge in [0, 0.05) is 25.8 Å². The van der Waals surface area contributed by atoms with E-state index < -0.39 is 7.37 Å². The molecule has 5 heteroatoms. The van der Waals surface area contributed by atoms with Gasteiger partial charge in [-0.05, 0) is 19.3 Å². The highest BCUT2D eigenvalue weighted by atomic mass is 31.2. The maximum Gasteiger partial charge on any atom is 0.219 e. The minimum absolute atomic E-state index is 0.205. The van der Waals surface area contributed by atoms with Gasteiger partial charge in [-0.15, -0.1) is 0 Å². The Hall–Kier alpha value is -0.340. The highest BCUT2D eigenvalue weighted by Crippen LogP contribution is 2.41. The first-order valence-electron chi connectivity index (χ1n) is 13.0. The molecule has 0 aromatic carbocycles. The Morgan fingerprint density at radius 2 is 1.17 bits per heavy atom.